The van der Waals surface area contributed by atoms with Gasteiger partial charge in [0.15, 0.2) is 0 Å². The highest BCUT2D eigenvalue weighted by Gasteiger charge is 2.24. The SMILES string of the molecule is CN1CN=C(c2cc([N+](=O)[O-])cc([N+](=O)[O-])c2)SC1=O. The van der Waals surface area contributed by atoms with Gasteiger partial charge in [-0.3, -0.25) is 30.0 Å². The molecule has 0 aliphatic carbocycles. The minimum atomic E-state index is -0.724. The van der Waals surface area contributed by atoms with Crippen molar-refractivity contribution in [2.45, 2.75) is 0 Å². The number of nitro benzene ring substituents is 2. The van der Waals surface area contributed by atoms with Crippen molar-refractivity contribution in [1.29, 1.82) is 0 Å². The van der Waals surface area contributed by atoms with Crippen molar-refractivity contribution < 1.29 is 14.6 Å². The van der Waals surface area contributed by atoms with Gasteiger partial charge in [-0.2, -0.15) is 0 Å². The number of carbonyl (C=O) groups is 1. The van der Waals surface area contributed by atoms with E-state index in [2.05, 4.69) is 4.99 Å². The Hall–Kier alpha value is -2.49. The minimum Gasteiger partial charge on any atom is -0.317 e. The summed E-state index contributed by atoms with van der Waals surface area (Å²) in [6, 6.07) is 3.19. The van der Waals surface area contributed by atoms with Crippen LogP contribution in [0.25, 0.3) is 0 Å². The van der Waals surface area contributed by atoms with Gasteiger partial charge < -0.3 is 4.90 Å². The van der Waals surface area contributed by atoms with E-state index in [1.54, 1.807) is 7.05 Å². The second kappa shape index (κ2) is 5.25. The molecule has 104 valence electrons. The van der Waals surface area contributed by atoms with Gasteiger partial charge in [0.05, 0.1) is 15.9 Å². The number of thioether (sulfide) groups is 1. The number of hydrogen-bond donors (Lipinski definition) is 0. The van der Waals surface area contributed by atoms with Crippen LogP contribution in [-0.2, 0) is 0 Å². The summed E-state index contributed by atoms with van der Waals surface area (Å²) in [5, 5.41) is 21.5. The van der Waals surface area contributed by atoms with Crippen molar-refractivity contribution >= 4 is 33.4 Å². The van der Waals surface area contributed by atoms with Crippen molar-refractivity contribution in [3.63, 3.8) is 0 Å². The summed E-state index contributed by atoms with van der Waals surface area (Å²) < 4.78 is 0. The number of non-ortho nitro benzene ring substituents is 2. The fourth-order valence-corrected chi connectivity index (χ4v) is 2.24. The van der Waals surface area contributed by atoms with Gasteiger partial charge in [0, 0.05) is 24.7 Å². The molecule has 2 rings (SSSR count). The van der Waals surface area contributed by atoms with Gasteiger partial charge in [-0.05, 0) is 11.8 Å². The first-order valence-electron chi connectivity index (χ1n) is 5.30. The van der Waals surface area contributed by atoms with Gasteiger partial charge in [0.1, 0.15) is 11.7 Å². The zero-order valence-corrected chi connectivity index (χ0v) is 11.0. The summed E-state index contributed by atoms with van der Waals surface area (Å²) in [5.41, 5.74) is -0.634. The molecule has 1 aliphatic rings. The third-order valence-corrected chi connectivity index (χ3v) is 3.54. The van der Waals surface area contributed by atoms with Crippen LogP contribution in [0.15, 0.2) is 23.2 Å². The van der Waals surface area contributed by atoms with Crippen LogP contribution >= 0.6 is 11.8 Å². The van der Waals surface area contributed by atoms with E-state index in [1.807, 2.05) is 0 Å². The van der Waals surface area contributed by atoms with Crippen LogP contribution < -0.4 is 0 Å². The molecule has 1 amide bonds. The number of nitro groups is 2. The van der Waals surface area contributed by atoms with E-state index in [1.165, 1.54) is 4.90 Å². The molecule has 0 saturated carbocycles. The Morgan fingerprint density at radius 1 is 1.20 bits per heavy atom. The van der Waals surface area contributed by atoms with Crippen molar-refractivity contribution in [1.82, 2.24) is 4.90 Å². The highest BCUT2D eigenvalue weighted by molar-refractivity contribution is 8.26. The van der Waals surface area contributed by atoms with Crippen molar-refractivity contribution in [2.24, 2.45) is 4.99 Å². The predicted octanol–water partition coefficient (Wildman–Crippen LogP) is 2.01. The van der Waals surface area contributed by atoms with Crippen LogP contribution in [0, 0.1) is 20.2 Å². The van der Waals surface area contributed by atoms with Crippen LogP contribution in [0.3, 0.4) is 0 Å². The Kier molecular flexibility index (Phi) is 3.66. The quantitative estimate of drug-likeness (QED) is 0.621. The van der Waals surface area contributed by atoms with Crippen molar-refractivity contribution in [2.75, 3.05) is 13.7 Å². The number of aliphatic imine (C=N–C) groups is 1. The molecule has 0 bridgehead atoms. The summed E-state index contributed by atoms with van der Waals surface area (Å²) in [7, 11) is 1.56. The second-order valence-electron chi connectivity index (χ2n) is 3.92. The van der Waals surface area contributed by atoms with E-state index in [4.69, 9.17) is 0 Å². The zero-order valence-electron chi connectivity index (χ0n) is 10.2. The van der Waals surface area contributed by atoms with Crippen molar-refractivity contribution in [3.05, 3.63) is 44.0 Å². The number of carbonyl (C=O) groups excluding carboxylic acids is 1. The maximum absolute atomic E-state index is 11.6. The normalized spacial score (nSPS) is 14.9. The van der Waals surface area contributed by atoms with Crippen LogP contribution in [0.5, 0.6) is 0 Å². The Labute approximate surface area is 116 Å². The molecule has 0 unspecified atom stereocenters. The van der Waals surface area contributed by atoms with Crippen LogP contribution in [0.1, 0.15) is 5.56 Å². The van der Waals surface area contributed by atoms with Gasteiger partial charge in [-0.1, -0.05) is 0 Å². The van der Waals surface area contributed by atoms with Crippen LogP contribution in [0.2, 0.25) is 0 Å². The van der Waals surface area contributed by atoms with E-state index < -0.39 is 21.2 Å². The van der Waals surface area contributed by atoms with E-state index in [0.717, 1.165) is 30.0 Å². The van der Waals surface area contributed by atoms with Gasteiger partial charge in [-0.25, -0.2) is 0 Å². The molecular weight excluding hydrogens is 288 g/mol. The van der Waals surface area contributed by atoms with E-state index in [-0.39, 0.29) is 22.5 Å². The van der Waals surface area contributed by atoms with E-state index in [9.17, 15) is 25.0 Å². The molecule has 9 nitrogen and oxygen atoms in total. The summed E-state index contributed by atoms with van der Waals surface area (Å²) >= 11 is 0.780. The molecule has 0 radical (unpaired) electrons. The first-order valence-corrected chi connectivity index (χ1v) is 6.12. The molecule has 0 N–H and O–H groups in total. The Morgan fingerprint density at radius 3 is 2.20 bits per heavy atom. The maximum Gasteiger partial charge on any atom is 0.289 e. The topological polar surface area (TPSA) is 119 Å². The van der Waals surface area contributed by atoms with E-state index >= 15 is 0 Å². The van der Waals surface area contributed by atoms with E-state index in [0.29, 0.717) is 0 Å². The highest BCUT2D eigenvalue weighted by atomic mass is 32.2. The molecule has 1 aromatic rings. The smallest absolute Gasteiger partial charge is 0.289 e. The zero-order chi connectivity index (χ0) is 14.9. The lowest BCUT2D eigenvalue weighted by molar-refractivity contribution is -0.394. The first kappa shape index (κ1) is 13.9. The monoisotopic (exact) mass is 296 g/mol. The molecule has 1 aliphatic heterocycles. The number of benzene rings is 1. The fourth-order valence-electron chi connectivity index (χ4n) is 1.50. The second-order valence-corrected chi connectivity index (χ2v) is 4.86. The van der Waals surface area contributed by atoms with Gasteiger partial charge in [0.25, 0.3) is 16.6 Å². The third kappa shape index (κ3) is 2.74. The molecule has 0 aromatic heterocycles. The molecule has 0 fully saturated rings. The lowest BCUT2D eigenvalue weighted by Crippen LogP contribution is -2.28. The Morgan fingerprint density at radius 2 is 1.75 bits per heavy atom. The lowest BCUT2D eigenvalue weighted by atomic mass is 10.2. The van der Waals surface area contributed by atoms with Crippen LogP contribution in [0.4, 0.5) is 16.2 Å². The number of hydrogen-bond acceptors (Lipinski definition) is 7. The standard InChI is InChI=1S/C10H8N4O5S/c1-12-5-11-9(20-10(12)15)6-2-7(13(16)17)4-8(3-6)14(18)19/h2-4H,5H2,1H3. The number of rotatable bonds is 3. The molecule has 10 heteroatoms. The molecule has 0 spiro atoms. The summed E-state index contributed by atoms with van der Waals surface area (Å²) in [6.45, 7) is 0.109. The third-order valence-electron chi connectivity index (χ3n) is 2.49. The fraction of sp³-hybridized carbons (Fsp3) is 0.200. The first-order chi connectivity index (χ1) is 9.38. The molecule has 1 heterocycles. The summed E-state index contributed by atoms with van der Waals surface area (Å²) in [4.78, 5) is 37.1. The van der Waals surface area contributed by atoms with Crippen LogP contribution in [-0.4, -0.2) is 38.7 Å². The molecule has 0 saturated heterocycles. The predicted molar refractivity (Wildman–Crippen MR) is 71.9 cm³/mol. The Bertz CT molecular complexity index is 612. The number of amides is 1. The molecule has 1 aromatic carbocycles. The van der Waals surface area contributed by atoms with Gasteiger partial charge in [-0.15, -0.1) is 0 Å². The molecule has 0 atom stereocenters. The average Bonchev–Trinajstić information content (AvgIpc) is 2.41. The minimum absolute atomic E-state index is 0.109. The maximum atomic E-state index is 11.6. The van der Waals surface area contributed by atoms with Gasteiger partial charge in [0.2, 0.25) is 0 Å². The lowest BCUT2D eigenvalue weighted by Gasteiger charge is -2.20. The largest absolute Gasteiger partial charge is 0.317 e. The van der Waals surface area contributed by atoms with Gasteiger partial charge >= 0.3 is 0 Å². The Balaban J connectivity index is 2.48. The highest BCUT2D eigenvalue weighted by Crippen LogP contribution is 2.28. The molecular formula is C10H8N4O5S. The van der Waals surface area contributed by atoms with Crippen molar-refractivity contribution in [3.8, 4) is 0 Å². The average molecular weight is 296 g/mol. The summed E-state index contributed by atoms with van der Waals surface area (Å²) in [5.74, 6) is 0. The molecule has 20 heavy (non-hydrogen) atoms. The number of nitrogens with zero attached hydrogens (tertiary/aromatic N) is 4. The summed E-state index contributed by atoms with van der Waals surface area (Å²) in [6.07, 6.45) is 0.